The van der Waals surface area contributed by atoms with E-state index in [1.165, 1.54) is 26.9 Å². The van der Waals surface area contributed by atoms with Crippen LogP contribution in [0.2, 0.25) is 0 Å². The number of aliphatic carboxylic acids is 1. The van der Waals surface area contributed by atoms with Gasteiger partial charge in [0.05, 0.1) is 22.9 Å². The molecule has 2 fully saturated rings. The molecule has 8 aromatic rings. The van der Waals surface area contributed by atoms with Crippen molar-refractivity contribution in [3.8, 4) is 58.5 Å². The molecule has 2 saturated heterocycles. The van der Waals surface area contributed by atoms with Crippen molar-refractivity contribution in [2.45, 2.75) is 24.9 Å². The lowest BCUT2D eigenvalue weighted by Crippen LogP contribution is -2.28. The van der Waals surface area contributed by atoms with Crippen LogP contribution in [-0.4, -0.2) is 150 Å². The summed E-state index contributed by atoms with van der Waals surface area (Å²) >= 11 is 0. The minimum Gasteiger partial charge on any atom is -0.472 e. The minimum atomic E-state index is -1.12. The lowest BCUT2D eigenvalue weighted by Gasteiger charge is -2.14. The number of carbonyl (C=O) groups is 4. The average molecular weight is 1080 g/mol. The van der Waals surface area contributed by atoms with Crippen LogP contribution >= 0.6 is 0 Å². The molecule has 2 aliphatic rings. The SMILES string of the molecule is C#CCOC.COCC#CC(=O)N1CC[C@@H](n2nc(-c3ccc(C(=O)Nc4ccccn4)cc3)c3c(N)ncnc32)C1.COCC#CC(=O)O.Nc1ncnc2c1c(-c1ccc(C(=O)Nc3ccccn3)cc1)nn2[C@@H]1CCNC1. The second-order valence-corrected chi connectivity index (χ2v) is 17.2. The molecule has 24 nitrogen and oxygen atoms in total. The number of rotatable bonds is 11. The van der Waals surface area contributed by atoms with Gasteiger partial charge in [0, 0.05) is 81.5 Å². The summed E-state index contributed by atoms with van der Waals surface area (Å²) in [5.41, 5.74) is 17.7. The largest absolute Gasteiger partial charge is 0.472 e. The number of nitrogen functional groups attached to an aromatic ring is 2. The molecule has 24 heteroatoms. The van der Waals surface area contributed by atoms with Gasteiger partial charge in [0.1, 0.15) is 67.1 Å². The van der Waals surface area contributed by atoms with Crippen molar-refractivity contribution in [2.24, 2.45) is 0 Å². The molecule has 6 aromatic heterocycles. The molecule has 0 aliphatic carbocycles. The summed E-state index contributed by atoms with van der Waals surface area (Å²) in [6.07, 6.45) is 12.6. The Balaban J connectivity index is 0.000000192. The number of pyridine rings is 2. The number of terminal acetylenes is 1. The number of ether oxygens (including phenoxy) is 3. The number of methoxy groups -OCH3 is 3. The summed E-state index contributed by atoms with van der Waals surface area (Å²) in [6.45, 7) is 3.59. The number of nitrogens with one attached hydrogen (secondary N) is 3. The Morgan fingerprint density at radius 3 is 1.59 bits per heavy atom. The van der Waals surface area contributed by atoms with Gasteiger partial charge < -0.3 is 51.6 Å². The fourth-order valence-electron chi connectivity index (χ4n) is 8.22. The second-order valence-electron chi connectivity index (χ2n) is 17.2. The molecular weight excluding hydrogens is 1020 g/mol. The van der Waals surface area contributed by atoms with E-state index < -0.39 is 5.97 Å². The van der Waals surface area contributed by atoms with Crippen LogP contribution < -0.4 is 27.4 Å². The van der Waals surface area contributed by atoms with Crippen LogP contribution in [0.25, 0.3) is 44.6 Å². The molecule has 3 amide bonds. The summed E-state index contributed by atoms with van der Waals surface area (Å²) in [5, 5.41) is 27.8. The van der Waals surface area contributed by atoms with E-state index in [1.807, 2.05) is 40.9 Å². The zero-order valence-electron chi connectivity index (χ0n) is 43.9. The summed E-state index contributed by atoms with van der Waals surface area (Å²) < 4.78 is 17.5. The maximum Gasteiger partial charge on any atom is 0.381 e. The quantitative estimate of drug-likeness (QED) is 0.0978. The molecule has 2 atom stereocenters. The Hall–Kier alpha value is -10.2. The van der Waals surface area contributed by atoms with Crippen molar-refractivity contribution in [1.29, 1.82) is 0 Å². The van der Waals surface area contributed by atoms with E-state index in [-0.39, 0.29) is 43.0 Å². The summed E-state index contributed by atoms with van der Waals surface area (Å²) in [7, 11) is 4.56. The number of carboxylic acid groups (broad SMARTS) is 1. The molecule has 8 heterocycles. The minimum absolute atomic E-state index is 0.0952. The number of nitrogens with two attached hydrogens (primary N) is 2. The van der Waals surface area contributed by atoms with E-state index in [0.29, 0.717) is 82.9 Å². The molecule has 408 valence electrons. The van der Waals surface area contributed by atoms with Crippen molar-refractivity contribution >= 4 is 69.0 Å². The molecular formula is C56H56N16O8. The average Bonchev–Trinajstić information content (AvgIpc) is 4.40. The highest BCUT2D eigenvalue weighted by atomic mass is 16.5. The van der Waals surface area contributed by atoms with Gasteiger partial charge in [-0.2, -0.15) is 10.2 Å². The molecule has 2 aliphatic heterocycles. The fourth-order valence-corrected chi connectivity index (χ4v) is 8.22. The highest BCUT2D eigenvalue weighted by Gasteiger charge is 2.31. The Morgan fingerprint density at radius 2 is 1.16 bits per heavy atom. The van der Waals surface area contributed by atoms with Gasteiger partial charge in [0.15, 0.2) is 11.3 Å². The maximum atomic E-state index is 12.6. The zero-order chi connectivity index (χ0) is 56.8. The van der Waals surface area contributed by atoms with Gasteiger partial charge in [0.2, 0.25) is 0 Å². The number of amides is 3. The van der Waals surface area contributed by atoms with Crippen LogP contribution in [0.5, 0.6) is 0 Å². The number of aromatic nitrogens is 10. The molecule has 80 heavy (non-hydrogen) atoms. The number of carboxylic acids is 1. The first-order valence-corrected chi connectivity index (χ1v) is 24.7. The lowest BCUT2D eigenvalue weighted by molar-refractivity contribution is -0.130. The van der Waals surface area contributed by atoms with E-state index in [9.17, 15) is 19.2 Å². The number of anilines is 4. The lowest BCUT2D eigenvalue weighted by atomic mass is 10.1. The van der Waals surface area contributed by atoms with E-state index in [1.54, 1.807) is 83.7 Å². The summed E-state index contributed by atoms with van der Waals surface area (Å²) in [6, 6.07) is 25.1. The van der Waals surface area contributed by atoms with Crippen LogP contribution in [0.3, 0.4) is 0 Å². The normalized spacial score (nSPS) is 14.0. The molecule has 8 N–H and O–H groups in total. The summed E-state index contributed by atoms with van der Waals surface area (Å²) in [4.78, 5) is 74.3. The topological polar surface area (TPSA) is 321 Å². The molecule has 0 spiro atoms. The van der Waals surface area contributed by atoms with E-state index >= 15 is 0 Å². The highest BCUT2D eigenvalue weighted by Crippen LogP contribution is 2.35. The maximum absolute atomic E-state index is 12.6. The first-order chi connectivity index (χ1) is 38.9. The first-order valence-electron chi connectivity index (χ1n) is 24.7. The number of benzene rings is 2. The Kier molecular flexibility index (Phi) is 20.7. The number of likely N-dealkylation sites (tertiary alicyclic amines) is 1. The predicted octanol–water partition coefficient (Wildman–Crippen LogP) is 4.39. The third-order valence-electron chi connectivity index (χ3n) is 11.9. The van der Waals surface area contributed by atoms with E-state index in [2.05, 4.69) is 79.0 Å². The molecule has 0 saturated carbocycles. The first kappa shape index (κ1) is 57.5. The zero-order valence-corrected chi connectivity index (χ0v) is 43.9. The van der Waals surface area contributed by atoms with Crippen molar-refractivity contribution in [2.75, 3.05) is 89.4 Å². The van der Waals surface area contributed by atoms with E-state index in [0.717, 1.165) is 41.7 Å². The Bertz CT molecular complexity index is 3580. The van der Waals surface area contributed by atoms with Gasteiger partial charge in [-0.15, -0.1) is 6.42 Å². The standard InChI is InChI=1S/C26H24N8O3.C21H20N8O.C5H6O3.C4H6O/c1-37-14-4-6-21(35)33-13-11-19(15-33)34-25-22(24(27)29-16-30-25)23(32-34)17-7-9-18(10-8-17)26(36)31-20-5-2-3-12-28-20;22-19-17-18(28-29(15-8-10-23-11-15)20(17)26-12-25-19)13-4-6-14(7-5-13)21(30)27-16-3-1-2-9-24-16;1-8-4-2-3-5(6)7;1-3-4-5-2/h2-3,5,7-10,12,16,19H,11,13-15H2,1H3,(H2,27,29,30)(H,28,31,36);1-7,9,12,15,23H,8,10-11H2,(H2,22,25,26)(H,24,27,30);4H2,1H3,(H,6,7);1H,4H2,2H3/t19-;15-;;/m11../s1. The van der Waals surface area contributed by atoms with Crippen LogP contribution in [0, 0.1) is 36.0 Å². The summed E-state index contributed by atoms with van der Waals surface area (Å²) in [5.74, 6) is 11.6. The highest BCUT2D eigenvalue weighted by molar-refractivity contribution is 6.06. The number of hydrogen-bond acceptors (Lipinski definition) is 18. The smallest absolute Gasteiger partial charge is 0.381 e. The number of fused-ring (bicyclic) bond motifs is 2. The van der Waals surface area contributed by atoms with Gasteiger partial charge in [-0.05, 0) is 73.8 Å². The van der Waals surface area contributed by atoms with Crippen molar-refractivity contribution in [3.63, 3.8) is 0 Å². The molecule has 0 radical (unpaired) electrons. The molecule has 2 aromatic carbocycles. The monoisotopic (exact) mass is 1080 g/mol. The number of nitrogens with zero attached hydrogens (tertiary/aromatic N) is 11. The van der Waals surface area contributed by atoms with Crippen molar-refractivity contribution in [3.05, 3.63) is 121 Å². The van der Waals surface area contributed by atoms with Crippen molar-refractivity contribution < 1.29 is 38.5 Å². The third-order valence-corrected chi connectivity index (χ3v) is 11.9. The number of carbonyl (C=O) groups excluding carboxylic acids is 3. The van der Waals surface area contributed by atoms with Crippen LogP contribution in [0.15, 0.2) is 110 Å². The molecule has 0 unspecified atom stereocenters. The van der Waals surface area contributed by atoms with Gasteiger partial charge in [-0.25, -0.2) is 44.1 Å². The van der Waals surface area contributed by atoms with Gasteiger partial charge in [0.25, 0.3) is 17.7 Å². The van der Waals surface area contributed by atoms with Gasteiger partial charge in [-0.1, -0.05) is 54.2 Å². The van der Waals surface area contributed by atoms with Gasteiger partial charge >= 0.3 is 5.97 Å². The molecule has 10 rings (SSSR count). The molecule has 0 bridgehead atoms. The van der Waals surface area contributed by atoms with Crippen LogP contribution in [0.1, 0.15) is 45.6 Å². The van der Waals surface area contributed by atoms with Crippen LogP contribution in [0.4, 0.5) is 23.3 Å². The predicted molar refractivity (Wildman–Crippen MR) is 299 cm³/mol. The Morgan fingerprint density at radius 1 is 0.662 bits per heavy atom. The number of hydrogen-bond donors (Lipinski definition) is 6. The Labute approximate surface area is 459 Å². The second kappa shape index (κ2) is 28.8. The fraction of sp³-hybridized carbons (Fsp3) is 0.250. The van der Waals surface area contributed by atoms with Crippen molar-refractivity contribution in [1.82, 2.24) is 59.7 Å². The van der Waals surface area contributed by atoms with Crippen LogP contribution in [-0.2, 0) is 23.8 Å². The van der Waals surface area contributed by atoms with E-state index in [4.69, 9.17) is 37.9 Å². The third kappa shape index (κ3) is 15.1. The van der Waals surface area contributed by atoms with Gasteiger partial charge in [-0.3, -0.25) is 14.4 Å².